The van der Waals surface area contributed by atoms with Crippen molar-refractivity contribution in [2.24, 2.45) is 0 Å². The summed E-state index contributed by atoms with van der Waals surface area (Å²) >= 11 is 2.88. The molecule has 0 saturated heterocycles. The maximum Gasteiger partial charge on any atom is 0.261 e. The molecular formula is C28H18N2O8S2. The molecule has 2 unspecified atom stereocenters. The molecule has 4 aliphatic rings. The van der Waals surface area contributed by atoms with Crippen molar-refractivity contribution in [1.82, 2.24) is 9.80 Å². The van der Waals surface area contributed by atoms with Gasteiger partial charge < -0.3 is 18.9 Å². The average Bonchev–Trinajstić information content (AvgIpc) is 3.64. The fourth-order valence-electron chi connectivity index (χ4n) is 5.62. The highest BCUT2D eigenvalue weighted by atomic mass is 32.1. The molecule has 0 N–H and O–H groups in total. The fraction of sp³-hybridized carbons (Fsp3) is 0.214. The van der Waals surface area contributed by atoms with Gasteiger partial charge in [0.2, 0.25) is 0 Å². The molecule has 40 heavy (non-hydrogen) atoms. The van der Waals surface area contributed by atoms with Gasteiger partial charge in [-0.15, -0.1) is 22.7 Å². The van der Waals surface area contributed by atoms with E-state index in [1.165, 1.54) is 22.7 Å². The van der Waals surface area contributed by atoms with E-state index in [0.29, 0.717) is 33.8 Å². The van der Waals surface area contributed by atoms with E-state index in [9.17, 15) is 19.2 Å². The van der Waals surface area contributed by atoms with Crippen LogP contribution in [0.2, 0.25) is 0 Å². The molecule has 0 bridgehead atoms. The van der Waals surface area contributed by atoms with Gasteiger partial charge in [0.25, 0.3) is 23.6 Å². The molecule has 6 heterocycles. The van der Waals surface area contributed by atoms with Gasteiger partial charge in [-0.3, -0.25) is 29.0 Å². The average molecular weight is 575 g/mol. The van der Waals surface area contributed by atoms with Crippen LogP contribution in [0.4, 0.5) is 0 Å². The summed E-state index contributed by atoms with van der Waals surface area (Å²) in [7, 11) is 0. The predicted octanol–water partition coefficient (Wildman–Crippen LogP) is 3.83. The van der Waals surface area contributed by atoms with Crippen molar-refractivity contribution >= 4 is 57.1 Å². The molecular weight excluding hydrogens is 556 g/mol. The minimum Gasteiger partial charge on any atom is -0.485 e. The number of imide groups is 2. The summed E-state index contributed by atoms with van der Waals surface area (Å²) in [6.45, 7) is 0.392. The topological polar surface area (TPSA) is 112 Å². The number of nitrogens with zero attached hydrogens (tertiary/aromatic N) is 2. The number of amides is 4. The molecule has 10 nitrogen and oxygen atoms in total. The minimum absolute atomic E-state index is 0.00165. The number of carbonyl (C=O) groups is 4. The van der Waals surface area contributed by atoms with Crippen LogP contribution in [0, 0.1) is 0 Å². The Labute approximate surface area is 234 Å². The highest BCUT2D eigenvalue weighted by Crippen LogP contribution is 2.40. The lowest BCUT2D eigenvalue weighted by atomic mass is 9.85. The van der Waals surface area contributed by atoms with E-state index in [2.05, 4.69) is 0 Å². The summed E-state index contributed by atoms with van der Waals surface area (Å²) in [5, 5.41) is 7.93. The molecule has 2 atom stereocenters. The second kappa shape index (κ2) is 8.54. The first-order chi connectivity index (χ1) is 19.5. The Kier molecular flexibility index (Phi) is 5.01. The normalized spacial score (nSPS) is 20.9. The molecule has 2 aromatic heterocycles. The molecule has 0 fully saturated rings. The van der Waals surface area contributed by atoms with Crippen molar-refractivity contribution in [2.45, 2.75) is 12.2 Å². The Bertz CT molecular complexity index is 1590. The van der Waals surface area contributed by atoms with Crippen LogP contribution in [0.3, 0.4) is 0 Å². The molecule has 4 aliphatic heterocycles. The maximum absolute atomic E-state index is 13.6. The Hall–Kier alpha value is -4.42. The van der Waals surface area contributed by atoms with Crippen LogP contribution >= 0.6 is 22.7 Å². The molecule has 2 aromatic carbocycles. The van der Waals surface area contributed by atoms with E-state index in [0.717, 1.165) is 9.80 Å². The van der Waals surface area contributed by atoms with Gasteiger partial charge >= 0.3 is 0 Å². The van der Waals surface area contributed by atoms with Gasteiger partial charge in [-0.25, -0.2) is 0 Å². The minimum atomic E-state index is -0.530. The summed E-state index contributed by atoms with van der Waals surface area (Å²) < 4.78 is 23.3. The van der Waals surface area contributed by atoms with E-state index in [-0.39, 0.29) is 48.6 Å². The van der Waals surface area contributed by atoms with Crippen molar-refractivity contribution < 1.29 is 38.1 Å². The number of ether oxygens (including phenoxy) is 4. The first kappa shape index (κ1) is 23.5. The van der Waals surface area contributed by atoms with E-state index in [1.54, 1.807) is 24.3 Å². The highest BCUT2D eigenvalue weighted by molar-refractivity contribution is 7.08. The van der Waals surface area contributed by atoms with Crippen molar-refractivity contribution in [3.63, 3.8) is 0 Å². The summed E-state index contributed by atoms with van der Waals surface area (Å²) in [6.07, 6.45) is -1.06. The Morgan fingerprint density at radius 3 is 1.30 bits per heavy atom. The van der Waals surface area contributed by atoms with Crippen LogP contribution in [-0.2, 0) is 0 Å². The second-order valence-corrected chi connectivity index (χ2v) is 11.3. The van der Waals surface area contributed by atoms with Crippen LogP contribution in [0.1, 0.15) is 41.4 Å². The first-order valence-electron chi connectivity index (χ1n) is 12.5. The maximum atomic E-state index is 13.6. The zero-order chi connectivity index (χ0) is 27.1. The van der Waals surface area contributed by atoms with Crippen LogP contribution in [0.5, 0.6) is 23.0 Å². The lowest BCUT2D eigenvalue weighted by molar-refractivity contribution is 0.0386. The zero-order valence-corrected chi connectivity index (χ0v) is 22.2. The molecule has 8 rings (SSSR count). The monoisotopic (exact) mass is 574 g/mol. The van der Waals surface area contributed by atoms with E-state index < -0.39 is 35.8 Å². The Morgan fingerprint density at radius 2 is 0.925 bits per heavy atom. The van der Waals surface area contributed by atoms with Gasteiger partial charge in [0.05, 0.1) is 13.1 Å². The van der Waals surface area contributed by atoms with Gasteiger partial charge in [-0.05, 0) is 24.3 Å². The highest BCUT2D eigenvalue weighted by Gasteiger charge is 2.42. The predicted molar refractivity (Wildman–Crippen MR) is 143 cm³/mol. The van der Waals surface area contributed by atoms with E-state index >= 15 is 0 Å². The quantitative estimate of drug-likeness (QED) is 0.338. The van der Waals surface area contributed by atoms with E-state index in [1.807, 2.05) is 21.5 Å². The smallest absolute Gasteiger partial charge is 0.261 e. The van der Waals surface area contributed by atoms with Crippen molar-refractivity contribution in [2.75, 3.05) is 26.3 Å². The lowest BCUT2D eigenvalue weighted by Crippen LogP contribution is -2.49. The third-order valence-corrected chi connectivity index (χ3v) is 8.86. The number of hydrogen-bond donors (Lipinski definition) is 0. The Morgan fingerprint density at radius 1 is 0.575 bits per heavy atom. The molecule has 4 amide bonds. The lowest BCUT2D eigenvalue weighted by Gasteiger charge is -2.35. The molecule has 0 saturated carbocycles. The number of carbonyl (C=O) groups excluding carboxylic acids is 4. The summed E-state index contributed by atoms with van der Waals surface area (Å²) in [4.78, 5) is 56.6. The third kappa shape index (κ3) is 3.32. The van der Waals surface area contributed by atoms with Gasteiger partial charge in [0.15, 0.2) is 35.2 Å². The van der Waals surface area contributed by atoms with E-state index in [4.69, 9.17) is 18.9 Å². The molecule has 4 aromatic rings. The number of hydrogen-bond acceptors (Lipinski definition) is 10. The number of fused-ring (bicyclic) bond motifs is 2. The standard InChI is InChI=1S/C28H18N2O8S2/c31-25-15-1-2-16-24-18(28(34)30(26(16)32)6-14-8-36-20-10-40-12-22(20)38-14)4-3-17(23(15)24)27(33)29(25)5-13-7-35-19-9-39-11-21(19)37-13/h1-4,9-14H,5-8H2. The number of rotatable bonds is 4. The Balaban J connectivity index is 1.11. The van der Waals surface area contributed by atoms with Gasteiger partial charge in [-0.2, -0.15) is 0 Å². The molecule has 0 radical (unpaired) electrons. The van der Waals surface area contributed by atoms with Gasteiger partial charge in [0.1, 0.15) is 13.2 Å². The van der Waals surface area contributed by atoms with Gasteiger partial charge in [0, 0.05) is 54.5 Å². The third-order valence-electron chi connectivity index (χ3n) is 7.46. The first-order valence-corrected chi connectivity index (χ1v) is 14.4. The van der Waals surface area contributed by atoms with Crippen molar-refractivity contribution in [3.05, 3.63) is 68.0 Å². The van der Waals surface area contributed by atoms with Crippen molar-refractivity contribution in [1.29, 1.82) is 0 Å². The fourth-order valence-corrected chi connectivity index (χ4v) is 6.96. The molecule has 200 valence electrons. The van der Waals surface area contributed by atoms with Gasteiger partial charge in [-0.1, -0.05) is 0 Å². The number of thiophene rings is 2. The SMILES string of the molecule is O=C1c2ccc3c4c(ccc(c24)C(=O)N1CC1COc2cscc2O1)C(=O)N(CC1COc2cscc2O1)C3=O. The van der Waals surface area contributed by atoms with Crippen LogP contribution < -0.4 is 18.9 Å². The molecule has 0 aliphatic carbocycles. The largest absolute Gasteiger partial charge is 0.485 e. The van der Waals surface area contributed by atoms with Crippen molar-refractivity contribution in [3.8, 4) is 23.0 Å². The molecule has 12 heteroatoms. The van der Waals surface area contributed by atoms with Crippen LogP contribution in [0.15, 0.2) is 45.8 Å². The van der Waals surface area contributed by atoms with Crippen LogP contribution in [0.25, 0.3) is 10.8 Å². The number of benzene rings is 2. The zero-order valence-electron chi connectivity index (χ0n) is 20.6. The second-order valence-electron chi connectivity index (χ2n) is 9.82. The molecule has 0 spiro atoms. The van der Waals surface area contributed by atoms with Crippen LogP contribution in [-0.4, -0.2) is 71.9 Å². The summed E-state index contributed by atoms with van der Waals surface area (Å²) in [5.74, 6) is 0.406. The summed E-state index contributed by atoms with van der Waals surface area (Å²) in [6, 6.07) is 6.19. The summed E-state index contributed by atoms with van der Waals surface area (Å²) in [5.41, 5.74) is 1.02.